The van der Waals surface area contributed by atoms with Crippen molar-refractivity contribution in [2.75, 3.05) is 5.32 Å². The number of amides is 2. The summed E-state index contributed by atoms with van der Waals surface area (Å²) in [5, 5.41) is 18.0. The third-order valence-electron chi connectivity index (χ3n) is 5.81. The minimum absolute atomic E-state index is 0.173. The van der Waals surface area contributed by atoms with Crippen LogP contribution in [0.1, 0.15) is 50.3 Å². The summed E-state index contributed by atoms with van der Waals surface area (Å²) >= 11 is 0. The van der Waals surface area contributed by atoms with E-state index < -0.39 is 24.1 Å². The predicted octanol–water partition coefficient (Wildman–Crippen LogP) is 3.84. The zero-order valence-corrected chi connectivity index (χ0v) is 20.7. The topological polar surface area (TPSA) is 108 Å². The van der Waals surface area contributed by atoms with Gasteiger partial charge in [-0.15, -0.1) is 0 Å². The zero-order valence-electron chi connectivity index (χ0n) is 20.7. The molecule has 7 nitrogen and oxygen atoms in total. The van der Waals surface area contributed by atoms with E-state index in [1.54, 1.807) is 12.1 Å². The van der Waals surface area contributed by atoms with Crippen LogP contribution in [0.2, 0.25) is 0 Å². The van der Waals surface area contributed by atoms with Crippen molar-refractivity contribution in [3.05, 3.63) is 65.2 Å². The molecule has 2 amide bonds. The van der Waals surface area contributed by atoms with Crippen LogP contribution in [0.5, 0.6) is 0 Å². The van der Waals surface area contributed by atoms with E-state index >= 15 is 0 Å². The van der Waals surface area contributed by atoms with Gasteiger partial charge in [0.2, 0.25) is 11.8 Å². The summed E-state index contributed by atoms with van der Waals surface area (Å²) in [6.07, 6.45) is 1.47. The highest BCUT2D eigenvalue weighted by atomic mass is 16.4. The van der Waals surface area contributed by atoms with Gasteiger partial charge in [-0.25, -0.2) is 0 Å². The first-order chi connectivity index (χ1) is 16.1. The number of carbonyl (C=O) groups is 3. The van der Waals surface area contributed by atoms with Crippen LogP contribution >= 0.6 is 0 Å². The van der Waals surface area contributed by atoms with E-state index in [4.69, 9.17) is 0 Å². The summed E-state index contributed by atoms with van der Waals surface area (Å²) in [5.41, 5.74) is 4.09. The van der Waals surface area contributed by atoms with Crippen LogP contribution in [0.3, 0.4) is 0 Å². The molecule has 2 rings (SSSR count). The Morgan fingerprint density at radius 2 is 1.56 bits per heavy atom. The van der Waals surface area contributed by atoms with Crippen LogP contribution in [0.4, 0.5) is 5.69 Å². The molecule has 0 saturated heterocycles. The molecule has 4 N–H and O–H groups in total. The summed E-state index contributed by atoms with van der Waals surface area (Å²) in [7, 11) is 0. The lowest BCUT2D eigenvalue weighted by molar-refractivity contribution is -0.139. The highest BCUT2D eigenvalue weighted by molar-refractivity contribution is 5.97. The lowest BCUT2D eigenvalue weighted by Crippen LogP contribution is -2.54. The van der Waals surface area contributed by atoms with Crippen LogP contribution in [-0.2, 0) is 20.8 Å². The zero-order chi connectivity index (χ0) is 25.3. The highest BCUT2D eigenvalue weighted by Crippen LogP contribution is 2.14. The van der Waals surface area contributed by atoms with Gasteiger partial charge in [-0.2, -0.15) is 0 Å². The van der Waals surface area contributed by atoms with E-state index in [2.05, 4.69) is 22.0 Å². The Labute approximate surface area is 202 Å². The lowest BCUT2D eigenvalue weighted by Gasteiger charge is -2.25. The Kier molecular flexibility index (Phi) is 10.3. The normalized spacial score (nSPS) is 13.7. The molecule has 3 atom stereocenters. The van der Waals surface area contributed by atoms with Gasteiger partial charge in [-0.1, -0.05) is 50.2 Å². The van der Waals surface area contributed by atoms with Crippen molar-refractivity contribution < 1.29 is 19.5 Å². The molecule has 184 valence electrons. The van der Waals surface area contributed by atoms with Crippen molar-refractivity contribution in [2.45, 2.75) is 72.0 Å². The van der Waals surface area contributed by atoms with Crippen molar-refractivity contribution in [2.24, 2.45) is 5.92 Å². The molecule has 0 aliphatic carbocycles. The van der Waals surface area contributed by atoms with Gasteiger partial charge in [0.25, 0.3) is 0 Å². The van der Waals surface area contributed by atoms with Crippen LogP contribution in [0.15, 0.2) is 48.5 Å². The first-order valence-corrected chi connectivity index (χ1v) is 11.8. The number of rotatable bonds is 12. The molecule has 0 heterocycles. The Balaban J connectivity index is 2.15. The molecule has 0 unspecified atom stereocenters. The van der Waals surface area contributed by atoms with Crippen LogP contribution in [0.25, 0.3) is 0 Å². The summed E-state index contributed by atoms with van der Waals surface area (Å²) < 4.78 is 0. The van der Waals surface area contributed by atoms with Crippen LogP contribution in [0, 0.1) is 19.8 Å². The third-order valence-corrected chi connectivity index (χ3v) is 5.81. The second kappa shape index (κ2) is 12.9. The van der Waals surface area contributed by atoms with Crippen molar-refractivity contribution in [3.8, 4) is 0 Å². The number of benzene rings is 2. The average molecular weight is 468 g/mol. The number of aryl methyl sites for hydroxylation is 3. The van der Waals surface area contributed by atoms with Crippen LogP contribution in [-0.4, -0.2) is 41.0 Å². The molecule has 0 aromatic heterocycles. The number of anilines is 1. The molecule has 0 aliphatic heterocycles. The fraction of sp³-hybridized carbons (Fsp3) is 0.444. The Hall–Kier alpha value is -3.19. The van der Waals surface area contributed by atoms with Crippen molar-refractivity contribution in [1.82, 2.24) is 10.6 Å². The predicted molar refractivity (Wildman–Crippen MR) is 135 cm³/mol. The molecule has 0 spiro atoms. The number of hydrogen-bond acceptors (Lipinski definition) is 4. The fourth-order valence-corrected chi connectivity index (χ4v) is 3.66. The summed E-state index contributed by atoms with van der Waals surface area (Å²) in [4.78, 5) is 37.6. The van der Waals surface area contributed by atoms with Gasteiger partial charge in [-0.05, 0) is 74.8 Å². The Morgan fingerprint density at radius 3 is 2.15 bits per heavy atom. The molecule has 0 aliphatic rings. The number of carbonyl (C=O) groups excluding carboxylic acids is 2. The third kappa shape index (κ3) is 8.63. The number of hydrogen-bond donors (Lipinski definition) is 4. The monoisotopic (exact) mass is 467 g/mol. The molecule has 0 fully saturated rings. The van der Waals surface area contributed by atoms with Gasteiger partial charge in [-0.3, -0.25) is 19.7 Å². The van der Waals surface area contributed by atoms with E-state index in [-0.39, 0.29) is 17.7 Å². The molecule has 0 bridgehead atoms. The maximum Gasteiger partial charge on any atom is 0.320 e. The van der Waals surface area contributed by atoms with E-state index in [0.29, 0.717) is 24.9 Å². The Morgan fingerprint density at radius 1 is 0.882 bits per heavy atom. The average Bonchev–Trinajstić information content (AvgIpc) is 2.78. The smallest absolute Gasteiger partial charge is 0.320 e. The highest BCUT2D eigenvalue weighted by Gasteiger charge is 2.28. The SMILES string of the molecule is Cc1ccc(CC[C@H](N[C@H](C)C(=O)O)C(=O)N[C@@H](CC(C)C)C(=O)Nc2ccccc2)cc1C. The van der Waals surface area contributed by atoms with E-state index in [9.17, 15) is 19.5 Å². The maximum atomic E-state index is 13.2. The molecule has 7 heteroatoms. The summed E-state index contributed by atoms with van der Waals surface area (Å²) in [5.74, 6) is -1.55. The second-order valence-electron chi connectivity index (χ2n) is 9.28. The number of carboxylic acids is 1. The summed E-state index contributed by atoms with van der Waals surface area (Å²) in [6.45, 7) is 9.55. The lowest BCUT2D eigenvalue weighted by atomic mass is 9.99. The van der Waals surface area contributed by atoms with Crippen LogP contribution < -0.4 is 16.0 Å². The molecule has 0 saturated carbocycles. The van der Waals surface area contributed by atoms with Gasteiger partial charge >= 0.3 is 5.97 Å². The van der Waals surface area contributed by atoms with Gasteiger partial charge < -0.3 is 15.7 Å². The minimum Gasteiger partial charge on any atom is -0.480 e. The van der Waals surface area contributed by atoms with Gasteiger partial charge in [0.15, 0.2) is 0 Å². The van der Waals surface area contributed by atoms with Crippen molar-refractivity contribution >= 4 is 23.5 Å². The van der Waals surface area contributed by atoms with E-state index in [1.807, 2.05) is 58.0 Å². The second-order valence-corrected chi connectivity index (χ2v) is 9.28. The molecular formula is C27H37N3O4. The largest absolute Gasteiger partial charge is 0.480 e. The number of carboxylic acid groups (broad SMARTS) is 1. The standard InChI is InChI=1S/C27H37N3O4/c1-17(2)15-24(26(32)29-22-9-7-6-8-10-22)30-25(31)23(28-20(5)27(33)34)14-13-21-12-11-18(3)19(4)16-21/h6-12,16-17,20,23-24,28H,13-15H2,1-5H3,(H,29,32)(H,30,31)(H,33,34)/t20-,23+,24+/m1/s1. The Bertz CT molecular complexity index is 975. The number of nitrogens with one attached hydrogen (secondary N) is 3. The maximum absolute atomic E-state index is 13.2. The molecule has 2 aromatic rings. The minimum atomic E-state index is -1.04. The molecule has 34 heavy (non-hydrogen) atoms. The first-order valence-electron chi connectivity index (χ1n) is 11.8. The molecule has 0 radical (unpaired) electrons. The van der Waals surface area contributed by atoms with E-state index in [1.165, 1.54) is 18.1 Å². The quantitative estimate of drug-likeness (QED) is 0.379. The molecular weight excluding hydrogens is 430 g/mol. The first kappa shape index (κ1) is 27.1. The van der Waals surface area contributed by atoms with E-state index in [0.717, 1.165) is 5.56 Å². The summed E-state index contributed by atoms with van der Waals surface area (Å²) in [6, 6.07) is 12.8. The fourth-order valence-electron chi connectivity index (χ4n) is 3.66. The molecule has 2 aromatic carbocycles. The van der Waals surface area contributed by atoms with Crippen molar-refractivity contribution in [1.29, 1.82) is 0 Å². The van der Waals surface area contributed by atoms with Gasteiger partial charge in [0.05, 0.1) is 6.04 Å². The number of aliphatic carboxylic acids is 1. The van der Waals surface area contributed by atoms with Gasteiger partial charge in [0.1, 0.15) is 12.1 Å². The number of para-hydroxylation sites is 1. The van der Waals surface area contributed by atoms with Gasteiger partial charge in [0, 0.05) is 5.69 Å². The van der Waals surface area contributed by atoms with Crippen molar-refractivity contribution in [3.63, 3.8) is 0 Å².